The predicted molar refractivity (Wildman–Crippen MR) is 139 cm³/mol. The molecule has 202 valence electrons. The second kappa shape index (κ2) is 10.1. The maximum absolute atomic E-state index is 13.4. The van der Waals surface area contributed by atoms with Gasteiger partial charge in [-0.25, -0.2) is 14.6 Å². The summed E-state index contributed by atoms with van der Waals surface area (Å²) >= 11 is 1.34. The maximum atomic E-state index is 13.4. The summed E-state index contributed by atoms with van der Waals surface area (Å²) in [5.74, 6) is -2.52. The zero-order chi connectivity index (χ0) is 28.0. The number of nitro groups is 1. The van der Waals surface area contributed by atoms with Crippen molar-refractivity contribution >= 4 is 51.3 Å². The van der Waals surface area contributed by atoms with Crippen LogP contribution in [-0.2, 0) is 30.5 Å². The Morgan fingerprint density at radius 2 is 2.03 bits per heavy atom. The number of nitrogens with zero attached hydrogens (tertiary/aromatic N) is 4. The number of carbonyl (C=O) groups is 3. The molecule has 1 N–H and O–H groups in total. The summed E-state index contributed by atoms with van der Waals surface area (Å²) in [6.45, 7) is 3.31. The first-order valence-corrected chi connectivity index (χ1v) is 12.8. The molecule has 4 heterocycles. The lowest BCUT2D eigenvalue weighted by Crippen LogP contribution is -2.63. The van der Waals surface area contributed by atoms with Crippen LogP contribution < -0.4 is 0 Å². The van der Waals surface area contributed by atoms with Gasteiger partial charge in [0.05, 0.1) is 40.7 Å². The lowest BCUT2D eigenvalue weighted by molar-refractivity contribution is -0.384. The monoisotopic (exact) mass is 552 g/mol. The average Bonchev–Trinajstić information content (AvgIpc) is 3.55. The van der Waals surface area contributed by atoms with Crippen LogP contribution in [-0.4, -0.2) is 61.4 Å². The summed E-state index contributed by atoms with van der Waals surface area (Å²) in [4.78, 5) is 55.6. The molecule has 39 heavy (non-hydrogen) atoms. The molecule has 0 spiro atoms. The molecule has 12 nitrogen and oxygen atoms in total. The number of amides is 1. The van der Waals surface area contributed by atoms with Gasteiger partial charge in [-0.05, 0) is 30.7 Å². The summed E-state index contributed by atoms with van der Waals surface area (Å²) in [5, 5.41) is 21.2. The van der Waals surface area contributed by atoms with Gasteiger partial charge in [0.1, 0.15) is 23.5 Å². The van der Waals surface area contributed by atoms with E-state index in [4.69, 9.17) is 4.74 Å². The van der Waals surface area contributed by atoms with Gasteiger partial charge in [0.15, 0.2) is 0 Å². The summed E-state index contributed by atoms with van der Waals surface area (Å²) in [6, 6.07) is 5.23. The van der Waals surface area contributed by atoms with Crippen molar-refractivity contribution in [1.82, 2.24) is 14.3 Å². The number of ether oxygens (including phenoxy) is 2. The van der Waals surface area contributed by atoms with E-state index in [1.54, 1.807) is 23.8 Å². The van der Waals surface area contributed by atoms with Crippen molar-refractivity contribution in [3.05, 3.63) is 74.8 Å². The van der Waals surface area contributed by atoms with Crippen LogP contribution in [0, 0.1) is 22.0 Å². The van der Waals surface area contributed by atoms with Gasteiger partial charge in [0.2, 0.25) is 5.91 Å². The first-order valence-electron chi connectivity index (χ1n) is 12.0. The Hall–Kier alpha value is -4.36. The van der Waals surface area contributed by atoms with Gasteiger partial charge in [-0.2, -0.15) is 0 Å². The number of imidazole rings is 1. The topological polar surface area (TPSA) is 154 Å². The molecule has 1 fully saturated rings. The van der Waals surface area contributed by atoms with Gasteiger partial charge in [0.25, 0.3) is 5.69 Å². The molecule has 3 aromatic rings. The third-order valence-electron chi connectivity index (χ3n) is 6.96. The van der Waals surface area contributed by atoms with E-state index in [-0.39, 0.29) is 29.8 Å². The standard InChI is InChI=1S/C26H24N4O8S/c1-13-20(18-10-28-12-27-17(25(28)39-18)8-9-19(32)37-3)23(29-22(13)21(14(2)31)24(29)33)26(34)38-11-15-4-6-16(7-5-15)30(35)36/h4-10,12-14,21-22,31H,11H2,1-3H3/b9-8-/t13-,14+,21+,22+/m0/s1. The molecule has 4 atom stereocenters. The van der Waals surface area contributed by atoms with Gasteiger partial charge < -0.3 is 19.5 Å². The first kappa shape index (κ1) is 26.3. The number of benzene rings is 1. The molecule has 0 unspecified atom stereocenters. The number of methoxy groups -OCH3 is 1. The van der Waals surface area contributed by atoms with Crippen LogP contribution in [0.5, 0.6) is 0 Å². The molecule has 0 radical (unpaired) electrons. The van der Waals surface area contributed by atoms with E-state index in [9.17, 15) is 29.6 Å². The Kier molecular flexibility index (Phi) is 6.78. The minimum atomic E-state index is -0.892. The summed E-state index contributed by atoms with van der Waals surface area (Å²) in [6.07, 6.45) is 5.28. The second-order valence-corrected chi connectivity index (χ2v) is 10.3. The minimum absolute atomic E-state index is 0.0812. The Bertz CT molecular complexity index is 1550. The van der Waals surface area contributed by atoms with Gasteiger partial charge in [-0.3, -0.25) is 19.3 Å². The van der Waals surface area contributed by atoms with Crippen LogP contribution in [0.1, 0.15) is 30.0 Å². The lowest BCUT2D eigenvalue weighted by Gasteiger charge is -2.46. The number of hydrogen-bond donors (Lipinski definition) is 1. The number of esters is 2. The highest BCUT2D eigenvalue weighted by atomic mass is 32.1. The van der Waals surface area contributed by atoms with Crippen molar-refractivity contribution in [3.63, 3.8) is 0 Å². The van der Waals surface area contributed by atoms with E-state index >= 15 is 0 Å². The first-order chi connectivity index (χ1) is 18.6. The third kappa shape index (κ3) is 4.49. The number of non-ortho nitro benzene ring substituents is 1. The Morgan fingerprint density at radius 1 is 1.31 bits per heavy atom. The normalized spacial score (nSPS) is 21.3. The molecule has 0 aliphatic carbocycles. The van der Waals surface area contributed by atoms with E-state index in [1.807, 2.05) is 6.92 Å². The molecule has 13 heteroatoms. The highest BCUT2D eigenvalue weighted by Gasteiger charge is 2.60. The van der Waals surface area contributed by atoms with Crippen molar-refractivity contribution in [2.24, 2.45) is 11.8 Å². The predicted octanol–water partition coefficient (Wildman–Crippen LogP) is 2.80. The smallest absolute Gasteiger partial charge is 0.355 e. The van der Waals surface area contributed by atoms with Crippen LogP contribution in [0.3, 0.4) is 0 Å². The summed E-state index contributed by atoms with van der Waals surface area (Å²) in [7, 11) is 1.28. The zero-order valence-corrected chi connectivity index (χ0v) is 22.0. The number of carbonyl (C=O) groups excluding carboxylic acids is 3. The number of thiazole rings is 1. The third-order valence-corrected chi connectivity index (χ3v) is 8.12. The Balaban J connectivity index is 1.50. The van der Waals surface area contributed by atoms with E-state index in [1.165, 1.54) is 59.8 Å². The molecule has 0 saturated carbocycles. The molecule has 1 amide bonds. The molecular formula is C26H24N4O8S. The fourth-order valence-electron chi connectivity index (χ4n) is 5.09. The molecule has 2 aliphatic rings. The van der Waals surface area contributed by atoms with Gasteiger partial charge in [-0.15, -0.1) is 11.3 Å². The number of aromatic nitrogens is 2. The van der Waals surface area contributed by atoms with Crippen LogP contribution in [0.2, 0.25) is 0 Å². The fourth-order valence-corrected chi connectivity index (χ4v) is 6.28. The maximum Gasteiger partial charge on any atom is 0.355 e. The average molecular weight is 553 g/mol. The molecule has 1 saturated heterocycles. The van der Waals surface area contributed by atoms with E-state index in [0.29, 0.717) is 21.7 Å². The minimum Gasteiger partial charge on any atom is -0.466 e. The number of aliphatic hydroxyl groups is 1. The quantitative estimate of drug-likeness (QED) is 0.146. The molecule has 1 aromatic carbocycles. The van der Waals surface area contributed by atoms with E-state index in [0.717, 1.165) is 4.83 Å². The molecule has 5 rings (SSSR count). The van der Waals surface area contributed by atoms with Crippen LogP contribution in [0.25, 0.3) is 16.5 Å². The van der Waals surface area contributed by atoms with Crippen molar-refractivity contribution in [1.29, 1.82) is 0 Å². The highest BCUT2D eigenvalue weighted by Crippen LogP contribution is 2.51. The van der Waals surface area contributed by atoms with Crippen LogP contribution in [0.15, 0.2) is 48.6 Å². The van der Waals surface area contributed by atoms with Crippen LogP contribution in [0.4, 0.5) is 5.69 Å². The fraction of sp³-hybridized carbons (Fsp3) is 0.308. The number of β-lactam (4-membered cyclic amide) rings is 1. The molecule has 0 bridgehead atoms. The number of hydrogen-bond acceptors (Lipinski definition) is 10. The Morgan fingerprint density at radius 3 is 2.67 bits per heavy atom. The SMILES string of the molecule is COC(=O)/C=C\c1ncn2cc(C3=C(C(=O)OCc4ccc([N+](=O)[O-])cc4)N4C(=O)[C@H]([C@@H](C)O)[C@H]4[C@H]3C)sc12. The largest absolute Gasteiger partial charge is 0.466 e. The second-order valence-electron chi connectivity index (χ2n) is 9.31. The lowest BCUT2D eigenvalue weighted by atomic mass is 9.77. The Labute approximate surface area is 225 Å². The van der Waals surface area contributed by atoms with Crippen LogP contribution >= 0.6 is 11.3 Å². The number of aliphatic hydroxyl groups excluding tert-OH is 1. The molecule has 2 aromatic heterocycles. The number of rotatable bonds is 8. The van der Waals surface area contributed by atoms with Gasteiger partial charge in [0, 0.05) is 35.9 Å². The van der Waals surface area contributed by atoms with Gasteiger partial charge >= 0.3 is 11.9 Å². The van der Waals surface area contributed by atoms with Crippen molar-refractivity contribution in [2.75, 3.05) is 7.11 Å². The van der Waals surface area contributed by atoms with Crippen molar-refractivity contribution < 1.29 is 33.9 Å². The highest BCUT2D eigenvalue weighted by molar-refractivity contribution is 7.18. The van der Waals surface area contributed by atoms with E-state index < -0.39 is 34.9 Å². The summed E-state index contributed by atoms with van der Waals surface area (Å²) in [5.41, 5.74) is 1.73. The van der Waals surface area contributed by atoms with Gasteiger partial charge in [-0.1, -0.05) is 6.92 Å². The van der Waals surface area contributed by atoms with Crippen molar-refractivity contribution in [2.45, 2.75) is 32.6 Å². The molecular weight excluding hydrogens is 528 g/mol. The van der Waals surface area contributed by atoms with E-state index in [2.05, 4.69) is 9.72 Å². The molecule has 2 aliphatic heterocycles. The number of nitro benzene ring substituents is 1. The van der Waals surface area contributed by atoms with Crippen molar-refractivity contribution in [3.8, 4) is 0 Å². The zero-order valence-electron chi connectivity index (χ0n) is 21.1. The summed E-state index contributed by atoms with van der Waals surface area (Å²) < 4.78 is 12.0. The number of fused-ring (bicyclic) bond motifs is 2.